The Kier molecular flexibility index (Phi) is 7.03. The molecule has 0 aliphatic heterocycles. The highest BCUT2D eigenvalue weighted by Crippen LogP contribution is 2.43. The van der Waals surface area contributed by atoms with Gasteiger partial charge in [0.25, 0.3) is 0 Å². The van der Waals surface area contributed by atoms with Crippen LogP contribution in [0.3, 0.4) is 0 Å². The molecule has 0 amide bonds. The number of hydrogen-bond donors (Lipinski definition) is 2. The van der Waals surface area contributed by atoms with Gasteiger partial charge in [0.05, 0.1) is 19.3 Å². The second kappa shape index (κ2) is 10.00. The number of fused-ring (bicyclic) bond motifs is 1. The summed E-state index contributed by atoms with van der Waals surface area (Å²) in [5, 5.41) is 12.8. The van der Waals surface area contributed by atoms with Crippen molar-refractivity contribution in [3.05, 3.63) is 77.4 Å². The number of rotatable bonds is 8. The van der Waals surface area contributed by atoms with Gasteiger partial charge in [-0.2, -0.15) is 13.2 Å². The smallest absolute Gasteiger partial charge is 0.418 e. The van der Waals surface area contributed by atoms with Gasteiger partial charge in [-0.3, -0.25) is 0 Å². The van der Waals surface area contributed by atoms with Crippen LogP contribution in [0.15, 0.2) is 60.7 Å². The molecule has 1 aromatic heterocycles. The third-order valence-electron chi connectivity index (χ3n) is 5.98. The molecule has 0 bridgehead atoms. The van der Waals surface area contributed by atoms with Crippen LogP contribution in [0.5, 0.6) is 5.75 Å². The summed E-state index contributed by atoms with van der Waals surface area (Å²) in [5.41, 5.74) is 1.71. The van der Waals surface area contributed by atoms with Crippen LogP contribution in [0.1, 0.15) is 36.5 Å². The zero-order chi connectivity index (χ0) is 25.2. The van der Waals surface area contributed by atoms with Crippen LogP contribution in [0.25, 0.3) is 22.4 Å². The van der Waals surface area contributed by atoms with E-state index in [1.807, 2.05) is 42.5 Å². The minimum atomic E-state index is -4.64. The molecule has 184 valence electrons. The fourth-order valence-electron chi connectivity index (χ4n) is 4.25. The quantitative estimate of drug-likeness (QED) is 0.302. The van der Waals surface area contributed by atoms with Gasteiger partial charge in [-0.15, -0.1) is 0 Å². The first kappa shape index (κ1) is 24.6. The van der Waals surface area contributed by atoms with Gasteiger partial charge in [0.15, 0.2) is 0 Å². The maximum atomic E-state index is 14.4. The number of methoxy groups -OCH3 is 1. The van der Waals surface area contributed by atoms with Gasteiger partial charge in [0, 0.05) is 24.3 Å². The lowest BCUT2D eigenvalue weighted by Gasteiger charge is -2.17. The molecule has 2 N–H and O–H groups in total. The first-order chi connectivity index (χ1) is 16.7. The van der Waals surface area contributed by atoms with Gasteiger partial charge >= 0.3 is 6.18 Å². The SMILES string of the molecule is COc1cc(CNc2ccccc2)c(C(F)(F)F)c2nc(-c3ccc(C(C)C)cc3)n(CCO)c12. The van der Waals surface area contributed by atoms with Crippen molar-refractivity contribution < 1.29 is 23.0 Å². The fraction of sp³-hybridized carbons (Fsp3) is 0.296. The summed E-state index contributed by atoms with van der Waals surface area (Å²) in [7, 11) is 1.42. The first-order valence-corrected chi connectivity index (χ1v) is 11.4. The Hall–Kier alpha value is -3.52. The number of ether oxygens (including phenoxy) is 1. The van der Waals surface area contributed by atoms with E-state index in [4.69, 9.17) is 4.74 Å². The summed E-state index contributed by atoms with van der Waals surface area (Å²) in [6.45, 7) is 3.90. The Morgan fingerprint density at radius 2 is 1.74 bits per heavy atom. The third-order valence-corrected chi connectivity index (χ3v) is 5.98. The molecule has 8 heteroatoms. The highest BCUT2D eigenvalue weighted by atomic mass is 19.4. The molecule has 0 spiro atoms. The largest absolute Gasteiger partial charge is 0.494 e. The lowest BCUT2D eigenvalue weighted by molar-refractivity contribution is -0.137. The van der Waals surface area contributed by atoms with Crippen LogP contribution in [0, 0.1) is 0 Å². The monoisotopic (exact) mass is 483 g/mol. The lowest BCUT2D eigenvalue weighted by atomic mass is 10.0. The maximum Gasteiger partial charge on any atom is 0.418 e. The number of alkyl halides is 3. The van der Waals surface area contributed by atoms with E-state index in [9.17, 15) is 18.3 Å². The molecular formula is C27H28F3N3O2. The number of imidazole rings is 1. The molecule has 0 unspecified atom stereocenters. The van der Waals surface area contributed by atoms with Crippen molar-refractivity contribution in [2.45, 2.75) is 39.0 Å². The number of para-hydroxylation sites is 1. The fourth-order valence-corrected chi connectivity index (χ4v) is 4.25. The van der Waals surface area contributed by atoms with Crippen molar-refractivity contribution in [3.8, 4) is 17.1 Å². The van der Waals surface area contributed by atoms with Crippen LogP contribution >= 0.6 is 0 Å². The molecule has 1 heterocycles. The second-order valence-electron chi connectivity index (χ2n) is 8.61. The van der Waals surface area contributed by atoms with E-state index >= 15 is 0 Å². The van der Waals surface area contributed by atoms with Gasteiger partial charge in [0.1, 0.15) is 22.6 Å². The third kappa shape index (κ3) is 4.98. The van der Waals surface area contributed by atoms with E-state index in [2.05, 4.69) is 24.1 Å². The minimum absolute atomic E-state index is 0.0288. The standard InChI is InChI=1S/C27H28F3N3O2/c1-17(2)18-9-11-19(12-10-18)26-32-24-23(27(28,29)30)20(16-31-21-7-5-4-6-8-21)15-22(35-3)25(24)33(26)13-14-34/h4-12,15,17,31,34H,13-14,16H2,1-3H3. The summed E-state index contributed by atoms with van der Waals surface area (Å²) in [6, 6.07) is 18.0. The topological polar surface area (TPSA) is 59.3 Å². The second-order valence-corrected chi connectivity index (χ2v) is 8.61. The van der Waals surface area contributed by atoms with Crippen LogP contribution in [-0.2, 0) is 19.3 Å². The lowest BCUT2D eigenvalue weighted by Crippen LogP contribution is -2.14. The number of benzene rings is 3. The van der Waals surface area contributed by atoms with Crippen molar-refractivity contribution >= 4 is 16.7 Å². The van der Waals surface area contributed by atoms with Crippen molar-refractivity contribution in [1.82, 2.24) is 9.55 Å². The van der Waals surface area contributed by atoms with E-state index in [1.54, 1.807) is 16.7 Å². The molecule has 0 aliphatic carbocycles. The van der Waals surface area contributed by atoms with Crippen molar-refractivity contribution in [2.75, 3.05) is 19.0 Å². The predicted molar refractivity (Wildman–Crippen MR) is 132 cm³/mol. The zero-order valence-corrected chi connectivity index (χ0v) is 19.9. The molecule has 0 atom stereocenters. The average Bonchev–Trinajstić information content (AvgIpc) is 3.21. The van der Waals surface area contributed by atoms with E-state index in [0.29, 0.717) is 23.0 Å². The molecular weight excluding hydrogens is 455 g/mol. The highest BCUT2D eigenvalue weighted by Gasteiger charge is 2.38. The Morgan fingerprint density at radius 3 is 2.31 bits per heavy atom. The molecule has 0 saturated carbocycles. The molecule has 0 fully saturated rings. The first-order valence-electron chi connectivity index (χ1n) is 11.4. The van der Waals surface area contributed by atoms with E-state index < -0.39 is 11.7 Å². The van der Waals surface area contributed by atoms with Gasteiger partial charge in [0.2, 0.25) is 0 Å². The van der Waals surface area contributed by atoms with Gasteiger partial charge in [-0.05, 0) is 35.2 Å². The number of nitrogens with one attached hydrogen (secondary N) is 1. The van der Waals surface area contributed by atoms with Gasteiger partial charge in [-0.25, -0.2) is 4.98 Å². The number of hydrogen-bond acceptors (Lipinski definition) is 4. The molecule has 4 rings (SSSR count). The number of nitrogens with zero attached hydrogens (tertiary/aromatic N) is 2. The number of aromatic nitrogens is 2. The van der Waals surface area contributed by atoms with Crippen LogP contribution in [0.4, 0.5) is 18.9 Å². The zero-order valence-electron chi connectivity index (χ0n) is 19.9. The van der Waals surface area contributed by atoms with Crippen molar-refractivity contribution in [1.29, 1.82) is 0 Å². The molecule has 0 radical (unpaired) electrons. The molecule has 0 aliphatic rings. The van der Waals surface area contributed by atoms with Gasteiger partial charge in [-0.1, -0.05) is 56.3 Å². The molecule has 35 heavy (non-hydrogen) atoms. The van der Waals surface area contributed by atoms with Crippen LogP contribution in [-0.4, -0.2) is 28.4 Å². The Bertz CT molecular complexity index is 1300. The van der Waals surface area contributed by atoms with E-state index in [0.717, 1.165) is 5.56 Å². The van der Waals surface area contributed by atoms with Gasteiger partial charge < -0.3 is 19.7 Å². The summed E-state index contributed by atoms with van der Waals surface area (Å²) < 4.78 is 50.5. The molecule has 4 aromatic rings. The number of halogens is 3. The number of aliphatic hydroxyl groups is 1. The summed E-state index contributed by atoms with van der Waals surface area (Å²) in [6.07, 6.45) is -4.64. The van der Waals surface area contributed by atoms with Crippen molar-refractivity contribution in [3.63, 3.8) is 0 Å². The predicted octanol–water partition coefficient (Wildman–Crippen LogP) is 6.46. The van der Waals surface area contributed by atoms with Crippen LogP contribution in [0.2, 0.25) is 0 Å². The minimum Gasteiger partial charge on any atom is -0.494 e. The summed E-state index contributed by atoms with van der Waals surface area (Å²) in [4.78, 5) is 4.49. The Balaban J connectivity index is 1.93. The summed E-state index contributed by atoms with van der Waals surface area (Å²) >= 11 is 0. The molecule has 5 nitrogen and oxygen atoms in total. The number of aliphatic hydroxyl groups excluding tert-OH is 1. The van der Waals surface area contributed by atoms with E-state index in [-0.39, 0.29) is 42.0 Å². The number of anilines is 1. The van der Waals surface area contributed by atoms with Crippen molar-refractivity contribution in [2.24, 2.45) is 0 Å². The normalized spacial score (nSPS) is 11.9. The average molecular weight is 484 g/mol. The molecule has 0 saturated heterocycles. The Labute approximate surface area is 202 Å². The summed E-state index contributed by atoms with van der Waals surface area (Å²) in [5.74, 6) is 0.932. The maximum absolute atomic E-state index is 14.4. The molecule has 3 aromatic carbocycles. The van der Waals surface area contributed by atoms with Crippen LogP contribution < -0.4 is 10.1 Å². The van der Waals surface area contributed by atoms with E-state index in [1.165, 1.54) is 13.2 Å². The highest BCUT2D eigenvalue weighted by molar-refractivity contribution is 5.90. The Morgan fingerprint density at radius 1 is 1.06 bits per heavy atom.